The SMILES string of the molecule is CC(=O)CN1[C@H](OC(C)=O)[C@@H](C[18F])C[C@@H]1n1ccnc1[N+](=O)[O-]. The number of imidazole rings is 1. The van der Waals surface area contributed by atoms with Crippen molar-refractivity contribution in [1.29, 1.82) is 0 Å². The van der Waals surface area contributed by atoms with Crippen molar-refractivity contribution in [1.82, 2.24) is 14.5 Å². The highest BCUT2D eigenvalue weighted by Crippen LogP contribution is 2.39. The standard InChI is InChI=1S/C13H17FN4O5/c1-8(19)7-17-11(16-4-3-15-13(16)18(21)22)5-10(6-14)12(17)23-9(2)20/h3-4,10-12H,5-7H2,1-2H3/t10-,11-,12-/m1/s1/i14-1. The molecule has 1 aromatic heterocycles. The fraction of sp³-hybridized carbons (Fsp3) is 0.615. The molecule has 0 spiro atoms. The topological polar surface area (TPSA) is 108 Å². The minimum absolute atomic E-state index is 0.117. The van der Waals surface area contributed by atoms with Gasteiger partial charge in [-0.3, -0.25) is 14.0 Å². The van der Waals surface area contributed by atoms with Crippen LogP contribution in [0.3, 0.4) is 0 Å². The number of alkyl halides is 1. The first-order valence-corrected chi connectivity index (χ1v) is 7.00. The zero-order valence-corrected chi connectivity index (χ0v) is 12.7. The number of aromatic nitrogens is 2. The van der Waals surface area contributed by atoms with Crippen molar-refractivity contribution < 1.29 is 23.6 Å². The van der Waals surface area contributed by atoms with E-state index in [9.17, 15) is 24.1 Å². The van der Waals surface area contributed by atoms with Crippen LogP contribution in [0.1, 0.15) is 26.4 Å². The van der Waals surface area contributed by atoms with Crippen LogP contribution in [0.15, 0.2) is 12.4 Å². The number of carbonyl (C=O) groups excluding carboxylic acids is 2. The van der Waals surface area contributed by atoms with E-state index in [1.807, 2.05) is 0 Å². The Morgan fingerprint density at radius 3 is 2.74 bits per heavy atom. The fourth-order valence-electron chi connectivity index (χ4n) is 2.84. The van der Waals surface area contributed by atoms with Gasteiger partial charge in [0, 0.05) is 19.3 Å². The van der Waals surface area contributed by atoms with E-state index < -0.39 is 41.8 Å². The highest BCUT2D eigenvalue weighted by molar-refractivity contribution is 5.77. The maximum absolute atomic E-state index is 13.3. The van der Waals surface area contributed by atoms with Gasteiger partial charge in [-0.1, -0.05) is 4.98 Å². The molecule has 23 heavy (non-hydrogen) atoms. The summed E-state index contributed by atoms with van der Waals surface area (Å²) in [6.45, 7) is 1.64. The molecule has 9 nitrogen and oxygen atoms in total. The summed E-state index contributed by atoms with van der Waals surface area (Å²) >= 11 is 0. The van der Waals surface area contributed by atoms with E-state index in [0.717, 1.165) is 0 Å². The minimum Gasteiger partial charge on any atom is -0.446 e. The molecule has 0 amide bonds. The number of esters is 1. The number of ether oxygens (including phenoxy) is 1. The summed E-state index contributed by atoms with van der Waals surface area (Å²) in [4.78, 5) is 38.3. The van der Waals surface area contributed by atoms with E-state index in [0.29, 0.717) is 0 Å². The Labute approximate surface area is 131 Å². The lowest BCUT2D eigenvalue weighted by Gasteiger charge is -2.28. The second-order valence-corrected chi connectivity index (χ2v) is 5.40. The molecule has 3 atom stereocenters. The van der Waals surface area contributed by atoms with Gasteiger partial charge in [0.1, 0.15) is 24.3 Å². The molecule has 0 N–H and O–H groups in total. The van der Waals surface area contributed by atoms with Crippen LogP contribution >= 0.6 is 0 Å². The van der Waals surface area contributed by atoms with Crippen molar-refractivity contribution in [2.45, 2.75) is 32.7 Å². The van der Waals surface area contributed by atoms with Crippen LogP contribution in [-0.4, -0.2) is 50.6 Å². The number of hydrogen-bond donors (Lipinski definition) is 0. The first-order valence-electron chi connectivity index (χ1n) is 7.00. The highest BCUT2D eigenvalue weighted by atomic mass is 18.2. The Morgan fingerprint density at radius 1 is 1.52 bits per heavy atom. The van der Waals surface area contributed by atoms with Crippen LogP contribution in [0, 0.1) is 16.0 Å². The molecular formula is C13H17FN4O5. The van der Waals surface area contributed by atoms with Crippen LogP contribution in [0.5, 0.6) is 0 Å². The van der Waals surface area contributed by atoms with Crippen LogP contribution in [0.2, 0.25) is 0 Å². The largest absolute Gasteiger partial charge is 0.446 e. The molecule has 0 radical (unpaired) electrons. The molecule has 1 fully saturated rings. The quantitative estimate of drug-likeness (QED) is 0.436. The number of likely N-dealkylation sites (tertiary alicyclic amines) is 1. The van der Waals surface area contributed by atoms with E-state index >= 15 is 0 Å². The molecule has 0 saturated carbocycles. The molecule has 1 saturated heterocycles. The summed E-state index contributed by atoms with van der Waals surface area (Å²) in [5, 5.41) is 11.1. The van der Waals surface area contributed by atoms with Crippen molar-refractivity contribution in [2.75, 3.05) is 13.2 Å². The van der Waals surface area contributed by atoms with Crippen LogP contribution in [0.4, 0.5) is 10.3 Å². The molecule has 1 aliphatic heterocycles. The summed E-state index contributed by atoms with van der Waals surface area (Å²) in [5.74, 6) is -1.92. The minimum atomic E-state index is -0.951. The van der Waals surface area contributed by atoms with Gasteiger partial charge in [-0.05, 0) is 11.8 Å². The van der Waals surface area contributed by atoms with E-state index in [1.165, 1.54) is 35.7 Å². The molecule has 1 aliphatic rings. The van der Waals surface area contributed by atoms with E-state index in [-0.39, 0.29) is 18.7 Å². The lowest BCUT2D eigenvalue weighted by molar-refractivity contribution is -0.397. The normalized spacial score (nSPS) is 24.6. The predicted molar refractivity (Wildman–Crippen MR) is 74.9 cm³/mol. The molecular weight excluding hydrogens is 310 g/mol. The Balaban J connectivity index is 2.39. The number of nitro groups is 1. The predicted octanol–water partition coefficient (Wildman–Crippen LogP) is 1.06. The number of rotatable bonds is 6. The molecule has 0 aliphatic carbocycles. The molecule has 0 aromatic carbocycles. The van der Waals surface area contributed by atoms with Gasteiger partial charge in [-0.25, -0.2) is 9.47 Å². The maximum atomic E-state index is 13.3. The smallest absolute Gasteiger partial charge is 0.435 e. The number of halogens is 1. The third-order valence-corrected chi connectivity index (χ3v) is 3.65. The number of ketones is 1. The first-order chi connectivity index (χ1) is 10.8. The maximum Gasteiger partial charge on any atom is 0.435 e. The number of nitrogens with zero attached hydrogens (tertiary/aromatic N) is 4. The summed E-state index contributed by atoms with van der Waals surface area (Å²) in [6.07, 6.45) is 1.17. The summed E-state index contributed by atoms with van der Waals surface area (Å²) in [7, 11) is 0. The Bertz CT molecular complexity index is 619. The van der Waals surface area contributed by atoms with E-state index in [4.69, 9.17) is 4.74 Å². The van der Waals surface area contributed by atoms with Gasteiger partial charge in [0.05, 0.1) is 13.2 Å². The van der Waals surface area contributed by atoms with Crippen LogP contribution in [-0.2, 0) is 14.3 Å². The number of carbonyl (C=O) groups is 2. The second-order valence-electron chi connectivity index (χ2n) is 5.40. The van der Waals surface area contributed by atoms with Crippen molar-refractivity contribution in [3.63, 3.8) is 0 Å². The molecule has 10 heteroatoms. The summed E-state index contributed by atoms with van der Waals surface area (Å²) in [5.41, 5.74) is 0. The zero-order valence-electron chi connectivity index (χ0n) is 12.7. The lowest BCUT2D eigenvalue weighted by atomic mass is 10.1. The van der Waals surface area contributed by atoms with Gasteiger partial charge in [0.25, 0.3) is 0 Å². The van der Waals surface area contributed by atoms with Gasteiger partial charge in [0.2, 0.25) is 0 Å². The Hall–Kier alpha value is -2.36. The third kappa shape index (κ3) is 3.52. The van der Waals surface area contributed by atoms with Gasteiger partial charge >= 0.3 is 11.9 Å². The average Bonchev–Trinajstić information content (AvgIpc) is 3.04. The van der Waals surface area contributed by atoms with Gasteiger partial charge in [-0.15, -0.1) is 0 Å². The molecule has 2 rings (SSSR count). The lowest BCUT2D eigenvalue weighted by Crippen LogP contribution is -2.42. The van der Waals surface area contributed by atoms with E-state index in [2.05, 4.69) is 4.98 Å². The van der Waals surface area contributed by atoms with Crippen molar-refractivity contribution >= 4 is 17.7 Å². The average molecular weight is 327 g/mol. The molecule has 0 bridgehead atoms. The van der Waals surface area contributed by atoms with Crippen LogP contribution < -0.4 is 0 Å². The fourth-order valence-corrected chi connectivity index (χ4v) is 2.84. The summed E-state index contributed by atoms with van der Waals surface area (Å²) < 4.78 is 19.7. The van der Waals surface area contributed by atoms with Gasteiger partial charge in [-0.2, -0.15) is 0 Å². The first kappa shape index (κ1) is 17.0. The molecule has 1 aromatic rings. The molecule has 2 heterocycles. The van der Waals surface area contributed by atoms with Crippen molar-refractivity contribution in [2.24, 2.45) is 5.92 Å². The zero-order chi connectivity index (χ0) is 17.1. The van der Waals surface area contributed by atoms with Crippen molar-refractivity contribution in [3.8, 4) is 0 Å². The van der Waals surface area contributed by atoms with Crippen molar-refractivity contribution in [3.05, 3.63) is 22.5 Å². The molecule has 0 unspecified atom stereocenters. The third-order valence-electron chi connectivity index (χ3n) is 3.65. The van der Waals surface area contributed by atoms with Gasteiger partial charge in [0.15, 0.2) is 6.23 Å². The second kappa shape index (κ2) is 6.82. The monoisotopic (exact) mass is 327 g/mol. The highest BCUT2D eigenvalue weighted by Gasteiger charge is 2.47. The number of hydrogen-bond acceptors (Lipinski definition) is 7. The van der Waals surface area contributed by atoms with Crippen LogP contribution in [0.25, 0.3) is 0 Å². The Morgan fingerprint density at radius 2 is 2.22 bits per heavy atom. The Kier molecular flexibility index (Phi) is 5.04. The van der Waals surface area contributed by atoms with E-state index in [1.54, 1.807) is 0 Å². The number of Topliss-reactive ketones (excluding diaryl/α,β-unsaturated/α-hetero) is 1. The molecule has 126 valence electrons. The van der Waals surface area contributed by atoms with Gasteiger partial charge < -0.3 is 14.9 Å². The summed E-state index contributed by atoms with van der Waals surface area (Å²) in [6, 6.07) is 0.